The van der Waals surface area contributed by atoms with Crippen LogP contribution in [0.15, 0.2) is 24.4 Å². The fourth-order valence-corrected chi connectivity index (χ4v) is 2.32. The molecule has 0 spiro atoms. The molecule has 0 aliphatic carbocycles. The molecular formula is C12H16N6O2. The van der Waals surface area contributed by atoms with Gasteiger partial charge >= 0.3 is 0 Å². The maximum Gasteiger partial charge on any atom is 0.243 e. The number of amides is 2. The van der Waals surface area contributed by atoms with Gasteiger partial charge in [0.2, 0.25) is 11.8 Å². The normalized spacial score (nSPS) is 25.3. The number of carbonyl (C=O) groups is 2. The molecule has 2 atom stereocenters. The van der Waals surface area contributed by atoms with Crippen molar-refractivity contribution in [2.75, 3.05) is 6.67 Å². The molecule has 1 aromatic heterocycles. The summed E-state index contributed by atoms with van der Waals surface area (Å²) in [6, 6.07) is -1.08. The first kappa shape index (κ1) is 12.5. The van der Waals surface area contributed by atoms with Crippen molar-refractivity contribution in [3.05, 3.63) is 30.1 Å². The van der Waals surface area contributed by atoms with Crippen LogP contribution in [-0.2, 0) is 16.0 Å². The monoisotopic (exact) mass is 276 g/mol. The second-order valence-corrected chi connectivity index (χ2v) is 4.83. The van der Waals surface area contributed by atoms with Crippen LogP contribution in [-0.4, -0.2) is 40.5 Å². The average Bonchev–Trinajstić information content (AvgIpc) is 3.08. The number of rotatable bonds is 4. The Morgan fingerprint density at radius 2 is 1.90 bits per heavy atom. The smallest absolute Gasteiger partial charge is 0.243 e. The predicted molar refractivity (Wildman–Crippen MR) is 70.0 cm³/mol. The van der Waals surface area contributed by atoms with Crippen LogP contribution in [0.5, 0.6) is 0 Å². The summed E-state index contributed by atoms with van der Waals surface area (Å²) in [6.45, 7) is 0.653. The fraction of sp³-hybridized carbons (Fsp3) is 0.417. The summed E-state index contributed by atoms with van der Waals surface area (Å²) in [7, 11) is 0. The lowest BCUT2D eigenvalue weighted by Crippen LogP contribution is -2.62. The standard InChI is InChI=1S/C12H16N6O2/c19-11-9(1-7-3-13-5-15-7)17-12(20)10(18-11)2-8-4-14-6-16-8/h3-5,9-10,14,16H,1-2,6H2,(H,13,15)(H,17,20)(H,18,19). The molecule has 20 heavy (non-hydrogen) atoms. The van der Waals surface area contributed by atoms with Crippen molar-refractivity contribution in [3.8, 4) is 0 Å². The van der Waals surface area contributed by atoms with Gasteiger partial charge in [0.15, 0.2) is 0 Å². The second-order valence-electron chi connectivity index (χ2n) is 4.83. The molecule has 2 unspecified atom stereocenters. The molecular weight excluding hydrogens is 260 g/mol. The predicted octanol–water partition coefficient (Wildman–Crippen LogP) is -1.68. The minimum Gasteiger partial charge on any atom is -0.372 e. The number of carbonyl (C=O) groups excluding carboxylic acids is 2. The first-order valence-electron chi connectivity index (χ1n) is 6.46. The Labute approximate surface area is 115 Å². The lowest BCUT2D eigenvalue weighted by Gasteiger charge is -2.29. The van der Waals surface area contributed by atoms with E-state index in [0.717, 1.165) is 11.4 Å². The van der Waals surface area contributed by atoms with E-state index >= 15 is 0 Å². The van der Waals surface area contributed by atoms with Gasteiger partial charge in [-0.1, -0.05) is 0 Å². The van der Waals surface area contributed by atoms with Crippen molar-refractivity contribution in [3.63, 3.8) is 0 Å². The largest absolute Gasteiger partial charge is 0.372 e. The van der Waals surface area contributed by atoms with Crippen molar-refractivity contribution in [2.24, 2.45) is 0 Å². The molecule has 8 nitrogen and oxygen atoms in total. The van der Waals surface area contributed by atoms with Crippen LogP contribution in [0.2, 0.25) is 0 Å². The zero-order valence-corrected chi connectivity index (χ0v) is 10.8. The molecule has 8 heteroatoms. The minimum absolute atomic E-state index is 0.163. The molecule has 3 rings (SSSR count). The highest BCUT2D eigenvalue weighted by atomic mass is 16.2. The van der Waals surface area contributed by atoms with Crippen LogP contribution < -0.4 is 21.3 Å². The van der Waals surface area contributed by atoms with E-state index in [1.807, 2.05) is 6.20 Å². The summed E-state index contributed by atoms with van der Waals surface area (Å²) in [5.41, 5.74) is 1.73. The average molecular weight is 276 g/mol. The number of hydrogen-bond donors (Lipinski definition) is 5. The fourth-order valence-electron chi connectivity index (χ4n) is 2.32. The lowest BCUT2D eigenvalue weighted by molar-refractivity contribution is -0.136. The number of nitrogens with one attached hydrogen (secondary N) is 5. The molecule has 2 amide bonds. The van der Waals surface area contributed by atoms with Crippen LogP contribution in [0.3, 0.4) is 0 Å². The Balaban J connectivity index is 1.60. The van der Waals surface area contributed by atoms with Crippen LogP contribution in [0.25, 0.3) is 0 Å². The summed E-state index contributed by atoms with van der Waals surface area (Å²) in [5.74, 6) is -0.334. The van der Waals surface area contributed by atoms with Crippen LogP contribution in [0.1, 0.15) is 12.1 Å². The molecule has 1 aromatic rings. The van der Waals surface area contributed by atoms with Crippen molar-refractivity contribution < 1.29 is 9.59 Å². The van der Waals surface area contributed by atoms with Gasteiger partial charge in [-0.2, -0.15) is 0 Å². The number of piperazine rings is 1. The van der Waals surface area contributed by atoms with E-state index in [2.05, 4.69) is 31.2 Å². The summed E-state index contributed by atoms with van der Waals surface area (Å²) >= 11 is 0. The quantitative estimate of drug-likeness (QED) is 0.451. The van der Waals surface area contributed by atoms with E-state index in [0.29, 0.717) is 19.5 Å². The molecule has 1 fully saturated rings. The maximum absolute atomic E-state index is 12.0. The SMILES string of the molecule is O=C1NC(Cc2cnc[nH]2)C(=O)NC1CC1=CNCN1. The highest BCUT2D eigenvalue weighted by Gasteiger charge is 2.34. The topological polar surface area (TPSA) is 111 Å². The summed E-state index contributed by atoms with van der Waals surface area (Å²) in [4.78, 5) is 30.9. The maximum atomic E-state index is 12.0. The number of H-pyrrole nitrogens is 1. The van der Waals surface area contributed by atoms with Crippen LogP contribution >= 0.6 is 0 Å². The molecule has 2 aliphatic rings. The summed E-state index contributed by atoms with van der Waals surface area (Å²) < 4.78 is 0. The number of aromatic amines is 1. The third-order valence-corrected chi connectivity index (χ3v) is 3.36. The van der Waals surface area contributed by atoms with Gasteiger partial charge in [-0.15, -0.1) is 0 Å². The summed E-state index contributed by atoms with van der Waals surface area (Å²) in [5, 5.41) is 11.6. The third kappa shape index (κ3) is 2.58. The van der Waals surface area contributed by atoms with E-state index < -0.39 is 12.1 Å². The van der Waals surface area contributed by atoms with Crippen molar-refractivity contribution in [1.29, 1.82) is 0 Å². The molecule has 3 heterocycles. The Kier molecular flexibility index (Phi) is 3.28. The Bertz CT molecular complexity index is 538. The first-order chi connectivity index (χ1) is 9.72. The number of aromatic nitrogens is 2. The van der Waals surface area contributed by atoms with Gasteiger partial charge in [0.1, 0.15) is 12.1 Å². The zero-order chi connectivity index (χ0) is 13.9. The van der Waals surface area contributed by atoms with Gasteiger partial charge in [-0.25, -0.2) is 4.98 Å². The molecule has 106 valence electrons. The number of hydrogen-bond acceptors (Lipinski definition) is 5. The molecule has 5 N–H and O–H groups in total. The van der Waals surface area contributed by atoms with Gasteiger partial charge in [0, 0.05) is 36.6 Å². The Morgan fingerprint density at radius 3 is 2.50 bits per heavy atom. The number of imidazole rings is 1. The highest BCUT2D eigenvalue weighted by Crippen LogP contribution is 2.10. The molecule has 1 saturated heterocycles. The molecule has 0 aromatic carbocycles. The van der Waals surface area contributed by atoms with E-state index in [1.54, 1.807) is 12.5 Å². The zero-order valence-electron chi connectivity index (χ0n) is 10.8. The number of nitrogens with zero attached hydrogens (tertiary/aromatic N) is 1. The van der Waals surface area contributed by atoms with Gasteiger partial charge in [0.25, 0.3) is 0 Å². The van der Waals surface area contributed by atoms with Gasteiger partial charge in [-0.3, -0.25) is 9.59 Å². The van der Waals surface area contributed by atoms with Gasteiger partial charge in [0.05, 0.1) is 13.0 Å². The van der Waals surface area contributed by atoms with Gasteiger partial charge in [-0.05, 0) is 0 Å². The van der Waals surface area contributed by atoms with Gasteiger partial charge < -0.3 is 26.3 Å². The van der Waals surface area contributed by atoms with Crippen molar-refractivity contribution >= 4 is 11.8 Å². The van der Waals surface area contributed by atoms with Crippen molar-refractivity contribution in [1.82, 2.24) is 31.2 Å². The van der Waals surface area contributed by atoms with Crippen molar-refractivity contribution in [2.45, 2.75) is 24.9 Å². The first-order valence-corrected chi connectivity index (χ1v) is 6.46. The van der Waals surface area contributed by atoms with E-state index in [-0.39, 0.29) is 11.8 Å². The van der Waals surface area contributed by atoms with Crippen LogP contribution in [0.4, 0.5) is 0 Å². The Morgan fingerprint density at radius 1 is 1.15 bits per heavy atom. The van der Waals surface area contributed by atoms with E-state index in [4.69, 9.17) is 0 Å². The molecule has 0 bridgehead atoms. The third-order valence-electron chi connectivity index (χ3n) is 3.36. The van der Waals surface area contributed by atoms with Crippen LogP contribution in [0, 0.1) is 0 Å². The van der Waals surface area contributed by atoms with E-state index in [9.17, 15) is 9.59 Å². The highest BCUT2D eigenvalue weighted by molar-refractivity contribution is 5.97. The lowest BCUT2D eigenvalue weighted by atomic mass is 10.0. The minimum atomic E-state index is -0.553. The molecule has 0 radical (unpaired) electrons. The van der Waals surface area contributed by atoms with E-state index in [1.165, 1.54) is 0 Å². The molecule has 2 aliphatic heterocycles. The summed E-state index contributed by atoms with van der Waals surface area (Å²) in [6.07, 6.45) is 5.88. The molecule has 0 saturated carbocycles. The second kappa shape index (κ2) is 5.24. The Hall–Kier alpha value is -2.51.